The highest BCUT2D eigenvalue weighted by molar-refractivity contribution is 7.99. The van der Waals surface area contributed by atoms with Crippen LogP contribution in [0.4, 0.5) is 4.39 Å². The summed E-state index contributed by atoms with van der Waals surface area (Å²) < 4.78 is 21.5. The number of aromatic nitrogens is 3. The van der Waals surface area contributed by atoms with Crippen LogP contribution in [0.5, 0.6) is 0 Å². The fourth-order valence-corrected chi connectivity index (χ4v) is 4.23. The third-order valence-corrected chi connectivity index (χ3v) is 5.86. The molecule has 7 heteroatoms. The number of hydrogen-bond donors (Lipinski definition) is 0. The van der Waals surface area contributed by atoms with Crippen LogP contribution in [0, 0.1) is 5.82 Å². The zero-order chi connectivity index (χ0) is 19.0. The highest BCUT2D eigenvalue weighted by atomic mass is 35.5. The van der Waals surface area contributed by atoms with Crippen molar-refractivity contribution in [2.24, 2.45) is 0 Å². The molecule has 1 aliphatic heterocycles. The summed E-state index contributed by atoms with van der Waals surface area (Å²) in [4.78, 5) is 4.36. The van der Waals surface area contributed by atoms with Crippen LogP contribution in [0.25, 0.3) is 0 Å². The Kier molecular flexibility index (Phi) is 4.97. The Balaban J connectivity index is 1.72. The second-order valence-electron chi connectivity index (χ2n) is 6.78. The van der Waals surface area contributed by atoms with E-state index in [2.05, 4.69) is 23.9 Å². The first-order valence-electron chi connectivity index (χ1n) is 8.72. The van der Waals surface area contributed by atoms with Gasteiger partial charge < -0.3 is 4.74 Å². The minimum atomic E-state index is -0.654. The Morgan fingerprint density at radius 3 is 2.67 bits per heavy atom. The molecule has 0 saturated carbocycles. The number of ether oxygens (including phenoxy) is 1. The van der Waals surface area contributed by atoms with E-state index in [1.807, 2.05) is 28.9 Å². The first-order chi connectivity index (χ1) is 13.0. The molecule has 4 nitrogen and oxygen atoms in total. The van der Waals surface area contributed by atoms with Gasteiger partial charge in [0.2, 0.25) is 0 Å². The Bertz CT molecular complexity index is 946. The summed E-state index contributed by atoms with van der Waals surface area (Å²) in [6, 6.07) is 14.1. The zero-order valence-electron chi connectivity index (χ0n) is 15.0. The van der Waals surface area contributed by atoms with Crippen molar-refractivity contribution in [3.8, 4) is 0 Å². The maximum absolute atomic E-state index is 13.5. The first kappa shape index (κ1) is 18.5. The molecule has 2 aromatic carbocycles. The van der Waals surface area contributed by atoms with E-state index in [9.17, 15) is 4.39 Å². The molecule has 140 valence electrons. The quantitative estimate of drug-likeness (QED) is 0.417. The van der Waals surface area contributed by atoms with Crippen LogP contribution < -0.4 is 0 Å². The SMILES string of the molecule is CC(C)Sc1ncnn1CC1(c2ccc(F)cc2)OC1c1ccccc1Cl. The molecule has 0 spiro atoms. The highest BCUT2D eigenvalue weighted by Gasteiger charge is 2.59. The molecule has 1 aromatic heterocycles. The van der Waals surface area contributed by atoms with E-state index >= 15 is 0 Å². The first-order valence-corrected chi connectivity index (χ1v) is 9.98. The van der Waals surface area contributed by atoms with Gasteiger partial charge in [-0.1, -0.05) is 67.5 Å². The Morgan fingerprint density at radius 2 is 1.96 bits per heavy atom. The van der Waals surface area contributed by atoms with Crippen molar-refractivity contribution in [1.82, 2.24) is 14.8 Å². The van der Waals surface area contributed by atoms with Crippen LogP contribution in [-0.4, -0.2) is 20.0 Å². The van der Waals surface area contributed by atoms with E-state index in [-0.39, 0.29) is 11.9 Å². The van der Waals surface area contributed by atoms with Crippen molar-refractivity contribution >= 4 is 23.4 Å². The van der Waals surface area contributed by atoms with Gasteiger partial charge in [-0.25, -0.2) is 14.1 Å². The lowest BCUT2D eigenvalue weighted by atomic mass is 9.91. The highest BCUT2D eigenvalue weighted by Crippen LogP contribution is 2.59. The molecule has 27 heavy (non-hydrogen) atoms. The summed E-state index contributed by atoms with van der Waals surface area (Å²) >= 11 is 8.05. The minimum Gasteiger partial charge on any atom is -0.354 e. The van der Waals surface area contributed by atoms with Crippen LogP contribution in [0.3, 0.4) is 0 Å². The molecule has 1 aliphatic rings. The number of nitrogens with zero attached hydrogens (tertiary/aromatic N) is 3. The molecule has 2 atom stereocenters. The number of thioether (sulfide) groups is 1. The number of halogens is 2. The minimum absolute atomic E-state index is 0.224. The third kappa shape index (κ3) is 3.61. The van der Waals surface area contributed by atoms with Crippen LogP contribution >= 0.6 is 23.4 Å². The monoisotopic (exact) mass is 403 g/mol. The molecule has 0 bridgehead atoms. The second-order valence-corrected chi connectivity index (χ2v) is 8.73. The third-order valence-electron chi connectivity index (χ3n) is 4.52. The smallest absolute Gasteiger partial charge is 0.186 e. The summed E-state index contributed by atoms with van der Waals surface area (Å²) in [6.45, 7) is 4.70. The molecule has 0 aliphatic carbocycles. The van der Waals surface area contributed by atoms with E-state index in [0.29, 0.717) is 16.8 Å². The van der Waals surface area contributed by atoms with Crippen LogP contribution in [0.2, 0.25) is 5.02 Å². The Hall–Kier alpha value is -1.89. The fraction of sp³-hybridized carbons (Fsp3) is 0.300. The maximum atomic E-state index is 13.5. The summed E-state index contributed by atoms with van der Waals surface area (Å²) in [5.41, 5.74) is 1.16. The van der Waals surface area contributed by atoms with E-state index in [0.717, 1.165) is 16.3 Å². The van der Waals surface area contributed by atoms with Crippen molar-refractivity contribution in [1.29, 1.82) is 0 Å². The van der Waals surface area contributed by atoms with E-state index in [1.54, 1.807) is 30.2 Å². The summed E-state index contributed by atoms with van der Waals surface area (Å²) in [7, 11) is 0. The Morgan fingerprint density at radius 1 is 1.22 bits per heavy atom. The van der Waals surface area contributed by atoms with Gasteiger partial charge in [0.1, 0.15) is 23.8 Å². The molecule has 2 unspecified atom stereocenters. The zero-order valence-corrected chi connectivity index (χ0v) is 16.5. The largest absolute Gasteiger partial charge is 0.354 e. The average molecular weight is 404 g/mol. The molecule has 0 radical (unpaired) electrons. The average Bonchev–Trinajstić information content (AvgIpc) is 3.20. The van der Waals surface area contributed by atoms with Crippen molar-refractivity contribution in [2.75, 3.05) is 0 Å². The van der Waals surface area contributed by atoms with Gasteiger partial charge >= 0.3 is 0 Å². The number of rotatable bonds is 6. The van der Waals surface area contributed by atoms with Gasteiger partial charge in [0, 0.05) is 15.8 Å². The van der Waals surface area contributed by atoms with Crippen molar-refractivity contribution in [3.05, 3.63) is 76.8 Å². The van der Waals surface area contributed by atoms with Gasteiger partial charge in [0.15, 0.2) is 5.16 Å². The van der Waals surface area contributed by atoms with E-state index in [4.69, 9.17) is 16.3 Å². The van der Waals surface area contributed by atoms with Gasteiger partial charge in [0.25, 0.3) is 0 Å². The predicted molar refractivity (Wildman–Crippen MR) is 104 cm³/mol. The molecular formula is C20H19ClFN3OS. The summed E-state index contributed by atoms with van der Waals surface area (Å²) in [6.07, 6.45) is 1.33. The van der Waals surface area contributed by atoms with Crippen LogP contribution in [0.1, 0.15) is 31.1 Å². The lowest BCUT2D eigenvalue weighted by molar-refractivity contribution is 0.256. The molecule has 0 N–H and O–H groups in total. The molecule has 1 saturated heterocycles. The van der Waals surface area contributed by atoms with Crippen LogP contribution in [0.15, 0.2) is 60.0 Å². The number of benzene rings is 2. The fourth-order valence-electron chi connectivity index (χ4n) is 3.23. The van der Waals surface area contributed by atoms with Gasteiger partial charge in [0.05, 0.1) is 6.54 Å². The maximum Gasteiger partial charge on any atom is 0.186 e. The molecule has 0 amide bonds. The lowest BCUT2D eigenvalue weighted by Gasteiger charge is -2.16. The standard InChI is InChI=1S/C20H19ClFN3OS/c1-13(2)27-19-23-12-24-25(19)11-20(14-7-9-15(22)10-8-14)18(26-20)16-5-3-4-6-17(16)21/h3-10,12-13,18H,11H2,1-2H3. The molecular weight excluding hydrogens is 385 g/mol. The Labute approximate surface area is 166 Å². The van der Waals surface area contributed by atoms with Gasteiger partial charge in [-0.05, 0) is 23.8 Å². The topological polar surface area (TPSA) is 43.2 Å². The van der Waals surface area contributed by atoms with Gasteiger partial charge in [-0.3, -0.25) is 0 Å². The van der Waals surface area contributed by atoms with Gasteiger partial charge in [-0.15, -0.1) is 0 Å². The van der Waals surface area contributed by atoms with Crippen molar-refractivity contribution in [2.45, 2.75) is 42.5 Å². The predicted octanol–water partition coefficient (Wildman–Crippen LogP) is 5.24. The molecule has 4 rings (SSSR count). The van der Waals surface area contributed by atoms with Gasteiger partial charge in [-0.2, -0.15) is 5.10 Å². The molecule has 1 fully saturated rings. The van der Waals surface area contributed by atoms with E-state index in [1.165, 1.54) is 12.1 Å². The second kappa shape index (κ2) is 7.26. The van der Waals surface area contributed by atoms with Crippen molar-refractivity contribution < 1.29 is 9.13 Å². The van der Waals surface area contributed by atoms with Crippen LogP contribution in [-0.2, 0) is 16.9 Å². The molecule has 3 aromatic rings. The lowest BCUT2D eigenvalue weighted by Crippen LogP contribution is -2.21. The van der Waals surface area contributed by atoms with E-state index < -0.39 is 5.60 Å². The summed E-state index contributed by atoms with van der Waals surface area (Å²) in [5.74, 6) is -0.277. The number of hydrogen-bond acceptors (Lipinski definition) is 4. The normalized spacial score (nSPS) is 21.6. The summed E-state index contributed by atoms with van der Waals surface area (Å²) in [5, 5.41) is 6.26. The van der Waals surface area contributed by atoms with Crippen molar-refractivity contribution in [3.63, 3.8) is 0 Å². The molecule has 2 heterocycles. The number of epoxide rings is 1.